The van der Waals surface area contributed by atoms with Crippen molar-refractivity contribution in [1.82, 2.24) is 25.1 Å². The number of nitrogens with zero attached hydrogens (tertiary/aromatic N) is 5. The van der Waals surface area contributed by atoms with Gasteiger partial charge in [-0.3, -0.25) is 5.10 Å². The Morgan fingerprint density at radius 3 is 2.78 bits per heavy atom. The van der Waals surface area contributed by atoms with Gasteiger partial charge in [-0.25, -0.2) is 9.97 Å². The van der Waals surface area contributed by atoms with Gasteiger partial charge < -0.3 is 19.3 Å². The number of anilines is 1. The van der Waals surface area contributed by atoms with E-state index in [4.69, 9.17) is 14.5 Å². The highest BCUT2D eigenvalue weighted by Crippen LogP contribution is 2.35. The normalized spacial score (nSPS) is 16.7. The van der Waals surface area contributed by atoms with E-state index >= 15 is 0 Å². The van der Waals surface area contributed by atoms with Crippen molar-refractivity contribution in [3.63, 3.8) is 0 Å². The van der Waals surface area contributed by atoms with Crippen LogP contribution >= 0.6 is 0 Å². The number of fused-ring (bicyclic) bond motifs is 1. The SMILES string of the molecule is CN1CCN(c2ncccc2-c2nc(-c3ccc4c(c3)OCO4)n[nH]2)CC1. The first-order valence-electron chi connectivity index (χ1n) is 8.99. The zero-order chi connectivity index (χ0) is 18.2. The average molecular weight is 364 g/mol. The lowest BCUT2D eigenvalue weighted by Crippen LogP contribution is -2.45. The Labute approximate surface area is 156 Å². The van der Waals surface area contributed by atoms with Crippen LogP contribution in [0, 0.1) is 0 Å². The minimum Gasteiger partial charge on any atom is -0.454 e. The smallest absolute Gasteiger partial charge is 0.231 e. The topological polar surface area (TPSA) is 79.4 Å². The molecule has 3 aromatic rings. The number of piperazine rings is 1. The number of benzene rings is 1. The minimum absolute atomic E-state index is 0.252. The lowest BCUT2D eigenvalue weighted by atomic mass is 10.2. The summed E-state index contributed by atoms with van der Waals surface area (Å²) in [5.74, 6) is 3.75. The summed E-state index contributed by atoms with van der Waals surface area (Å²) >= 11 is 0. The Morgan fingerprint density at radius 1 is 1.04 bits per heavy atom. The molecule has 0 unspecified atom stereocenters. The van der Waals surface area contributed by atoms with Crippen molar-refractivity contribution in [2.45, 2.75) is 0 Å². The number of pyridine rings is 1. The van der Waals surface area contributed by atoms with E-state index in [9.17, 15) is 0 Å². The highest BCUT2D eigenvalue weighted by atomic mass is 16.7. The Bertz CT molecular complexity index is 964. The van der Waals surface area contributed by atoms with Crippen LogP contribution in [0.15, 0.2) is 36.5 Å². The Hall–Kier alpha value is -3.13. The third kappa shape index (κ3) is 2.97. The van der Waals surface area contributed by atoms with Crippen LogP contribution < -0.4 is 14.4 Å². The van der Waals surface area contributed by atoms with Crippen LogP contribution in [-0.2, 0) is 0 Å². The summed E-state index contributed by atoms with van der Waals surface area (Å²) in [6, 6.07) is 9.68. The molecule has 8 heteroatoms. The molecule has 1 saturated heterocycles. The molecule has 138 valence electrons. The summed E-state index contributed by atoms with van der Waals surface area (Å²) in [6.45, 7) is 4.19. The monoisotopic (exact) mass is 364 g/mol. The van der Waals surface area contributed by atoms with Crippen molar-refractivity contribution in [3.8, 4) is 34.3 Å². The van der Waals surface area contributed by atoms with Gasteiger partial charge >= 0.3 is 0 Å². The van der Waals surface area contributed by atoms with E-state index in [0.29, 0.717) is 11.6 Å². The molecular weight excluding hydrogens is 344 g/mol. The van der Waals surface area contributed by atoms with Gasteiger partial charge in [0.15, 0.2) is 23.1 Å². The second-order valence-corrected chi connectivity index (χ2v) is 6.74. The second kappa shape index (κ2) is 6.55. The van der Waals surface area contributed by atoms with Crippen LogP contribution in [0.25, 0.3) is 22.8 Å². The maximum Gasteiger partial charge on any atom is 0.231 e. The third-order valence-corrected chi connectivity index (χ3v) is 4.96. The number of nitrogens with one attached hydrogen (secondary N) is 1. The zero-order valence-electron chi connectivity index (χ0n) is 15.1. The first-order valence-corrected chi connectivity index (χ1v) is 8.99. The Balaban J connectivity index is 1.46. The van der Waals surface area contributed by atoms with Crippen LogP contribution in [0.5, 0.6) is 11.5 Å². The summed E-state index contributed by atoms with van der Waals surface area (Å²) < 4.78 is 10.8. The standard InChI is InChI=1S/C19H20N6O2/c1-24-7-9-25(10-8-24)19-14(3-2-6-20-19)18-21-17(22-23-18)13-4-5-15-16(11-13)27-12-26-15/h2-6,11H,7-10,12H2,1H3,(H,21,22,23). The van der Waals surface area contributed by atoms with E-state index in [2.05, 4.69) is 32.0 Å². The molecule has 0 atom stereocenters. The second-order valence-electron chi connectivity index (χ2n) is 6.74. The highest BCUT2D eigenvalue weighted by Gasteiger charge is 2.21. The molecule has 0 bridgehead atoms. The molecule has 0 aliphatic carbocycles. The van der Waals surface area contributed by atoms with Gasteiger partial charge in [0.2, 0.25) is 6.79 Å². The van der Waals surface area contributed by atoms with Crippen LogP contribution in [0.2, 0.25) is 0 Å². The molecule has 2 aliphatic heterocycles. The molecule has 2 aromatic heterocycles. The number of likely N-dealkylation sites (N-methyl/N-ethyl adjacent to an activating group) is 1. The Morgan fingerprint density at radius 2 is 1.89 bits per heavy atom. The molecule has 0 saturated carbocycles. The first-order chi connectivity index (χ1) is 13.3. The molecular formula is C19H20N6O2. The van der Waals surface area contributed by atoms with Crippen molar-refractivity contribution in [1.29, 1.82) is 0 Å². The number of H-pyrrole nitrogens is 1. The van der Waals surface area contributed by atoms with E-state index in [1.165, 1.54) is 0 Å². The van der Waals surface area contributed by atoms with Gasteiger partial charge in [0.25, 0.3) is 0 Å². The van der Waals surface area contributed by atoms with Gasteiger partial charge in [0.1, 0.15) is 5.82 Å². The quantitative estimate of drug-likeness (QED) is 0.761. The van der Waals surface area contributed by atoms with Crippen LogP contribution in [0.1, 0.15) is 0 Å². The molecule has 27 heavy (non-hydrogen) atoms. The molecule has 0 amide bonds. The fourth-order valence-corrected chi connectivity index (χ4v) is 3.40. The summed E-state index contributed by atoms with van der Waals surface area (Å²) in [4.78, 5) is 14.0. The summed E-state index contributed by atoms with van der Waals surface area (Å²) in [5, 5.41) is 7.47. The van der Waals surface area contributed by atoms with Gasteiger partial charge in [0, 0.05) is 37.9 Å². The maximum absolute atomic E-state index is 5.45. The van der Waals surface area contributed by atoms with Gasteiger partial charge in [0.05, 0.1) is 5.56 Å². The van der Waals surface area contributed by atoms with E-state index in [0.717, 1.165) is 54.6 Å². The number of rotatable bonds is 3. The summed E-state index contributed by atoms with van der Waals surface area (Å²) in [5.41, 5.74) is 1.84. The van der Waals surface area contributed by atoms with Crippen molar-refractivity contribution in [3.05, 3.63) is 36.5 Å². The molecule has 1 fully saturated rings. The minimum atomic E-state index is 0.252. The van der Waals surface area contributed by atoms with Crippen LogP contribution in [0.4, 0.5) is 5.82 Å². The summed E-state index contributed by atoms with van der Waals surface area (Å²) in [6.07, 6.45) is 1.83. The van der Waals surface area contributed by atoms with E-state index in [1.54, 1.807) is 0 Å². The number of aromatic amines is 1. The fourth-order valence-electron chi connectivity index (χ4n) is 3.40. The fraction of sp³-hybridized carbons (Fsp3) is 0.316. The van der Waals surface area contributed by atoms with Crippen molar-refractivity contribution in [2.24, 2.45) is 0 Å². The van der Waals surface area contributed by atoms with Crippen molar-refractivity contribution >= 4 is 5.82 Å². The lowest BCUT2D eigenvalue weighted by molar-refractivity contribution is 0.174. The average Bonchev–Trinajstić information content (AvgIpc) is 3.37. The van der Waals surface area contributed by atoms with Gasteiger partial charge in [-0.1, -0.05) is 0 Å². The van der Waals surface area contributed by atoms with Gasteiger partial charge in [-0.2, -0.15) is 5.10 Å². The maximum atomic E-state index is 5.45. The first kappa shape index (κ1) is 16.1. The van der Waals surface area contributed by atoms with E-state index < -0.39 is 0 Å². The zero-order valence-corrected chi connectivity index (χ0v) is 15.1. The van der Waals surface area contributed by atoms with Crippen molar-refractivity contribution in [2.75, 3.05) is 44.9 Å². The van der Waals surface area contributed by atoms with Crippen LogP contribution in [0.3, 0.4) is 0 Å². The molecule has 4 heterocycles. The highest BCUT2D eigenvalue weighted by molar-refractivity contribution is 5.72. The van der Waals surface area contributed by atoms with Crippen molar-refractivity contribution < 1.29 is 9.47 Å². The van der Waals surface area contributed by atoms with E-state index in [1.807, 2.05) is 36.5 Å². The van der Waals surface area contributed by atoms with Crippen LogP contribution in [-0.4, -0.2) is 65.1 Å². The molecule has 0 spiro atoms. The Kier molecular flexibility index (Phi) is 3.90. The molecule has 8 nitrogen and oxygen atoms in total. The number of ether oxygens (including phenoxy) is 2. The molecule has 1 N–H and O–H groups in total. The molecule has 2 aliphatic rings. The predicted octanol–water partition coefficient (Wildman–Crippen LogP) is 2.01. The molecule has 5 rings (SSSR count). The number of aromatic nitrogens is 4. The third-order valence-electron chi connectivity index (χ3n) is 4.96. The number of hydrogen-bond donors (Lipinski definition) is 1. The summed E-state index contributed by atoms with van der Waals surface area (Å²) in [7, 11) is 2.14. The van der Waals surface area contributed by atoms with E-state index in [-0.39, 0.29) is 6.79 Å². The molecule has 1 aromatic carbocycles. The van der Waals surface area contributed by atoms with Gasteiger partial charge in [-0.05, 0) is 37.4 Å². The predicted molar refractivity (Wildman–Crippen MR) is 101 cm³/mol. The molecule has 0 radical (unpaired) electrons. The number of hydrogen-bond acceptors (Lipinski definition) is 7. The lowest BCUT2D eigenvalue weighted by Gasteiger charge is -2.33. The van der Waals surface area contributed by atoms with Gasteiger partial charge in [-0.15, -0.1) is 0 Å². The largest absolute Gasteiger partial charge is 0.454 e.